The number of nitrogens with zero attached hydrogens (tertiary/aromatic N) is 3. The van der Waals surface area contributed by atoms with Crippen LogP contribution >= 0.6 is 46.7 Å². The number of hydrogen-bond acceptors (Lipinski definition) is 8. The summed E-state index contributed by atoms with van der Waals surface area (Å²) in [5.74, 6) is -6.52. The number of benzene rings is 5. The first-order chi connectivity index (χ1) is 33.6. The van der Waals surface area contributed by atoms with Gasteiger partial charge < -0.3 is 33.8 Å². The zero-order valence-electron chi connectivity index (χ0n) is 38.1. The van der Waals surface area contributed by atoms with Crippen LogP contribution in [0.4, 0.5) is 23.2 Å². The maximum absolute atomic E-state index is 15.7. The Bertz CT molecular complexity index is 3360. The van der Waals surface area contributed by atoms with Crippen molar-refractivity contribution < 1.29 is 81.2 Å². The zero-order chi connectivity index (χ0) is 49.3. The molecule has 0 atom stereocenters. The number of esters is 1. The molecule has 1 spiro atoms. The molecule has 3 heterocycles. The summed E-state index contributed by atoms with van der Waals surface area (Å²) in [5, 5.41) is 21.6. The maximum Gasteiger partial charge on any atom is 1.00 e. The molecule has 2 aromatic heterocycles. The summed E-state index contributed by atoms with van der Waals surface area (Å²) in [4.78, 5) is 52.1. The molecule has 360 valence electrons. The summed E-state index contributed by atoms with van der Waals surface area (Å²) in [7, 11) is 0. The molecule has 10 nitrogen and oxygen atoms in total. The molecule has 3 fully saturated rings. The molecule has 4 aliphatic rings. The Morgan fingerprint density at radius 3 is 1.70 bits per heavy atom. The van der Waals surface area contributed by atoms with Crippen LogP contribution < -0.4 is 39.6 Å². The number of carboxylic acids is 2. The summed E-state index contributed by atoms with van der Waals surface area (Å²) < 4.78 is 68.9. The first-order valence-corrected chi connectivity index (χ1v) is 24.9. The molecule has 1 aliphatic heterocycles. The minimum absolute atomic E-state index is 0. The first-order valence-electron chi connectivity index (χ1n) is 22.5. The van der Waals surface area contributed by atoms with E-state index in [4.69, 9.17) is 27.9 Å². The molecule has 0 bridgehead atoms. The Morgan fingerprint density at radius 2 is 1.21 bits per heavy atom. The van der Waals surface area contributed by atoms with Gasteiger partial charge in [0.2, 0.25) is 5.91 Å². The van der Waals surface area contributed by atoms with Gasteiger partial charge in [0.1, 0.15) is 18.9 Å². The smallest absolute Gasteiger partial charge is 0.545 e. The van der Waals surface area contributed by atoms with Crippen molar-refractivity contribution in [3.63, 3.8) is 0 Å². The van der Waals surface area contributed by atoms with Gasteiger partial charge >= 0.3 is 41.5 Å². The van der Waals surface area contributed by atoms with E-state index >= 15 is 13.2 Å². The standard InChI is InChI=1S/C30H23ClF2N2O3S.C22H18ClF2NO4S.Na/c31-20-11-10-18-27(25(20)33)34(14-23(36)35-15-30(12-13-30)19-5-1-2-6-21(19)35)26(16-8-9-16)28(18)39-22-7-3-4-17(24(22)32)29(37)38;1-2-30-22(29)12-4-3-5-15(17(12)24)31-21-13-8-9-14(23)18(25)20(13)26(10-16(27)28)19(21)11-6-7-11;/h1-7,10-11,16H,8-9,12-15H2,(H,37,38);3-5,8-9,11H,2,6-7,10H2,1H3,(H,27,28);/q;;+1/p-1. The molecule has 5 aromatic carbocycles. The van der Waals surface area contributed by atoms with Gasteiger partial charge in [0.15, 0.2) is 17.5 Å². The van der Waals surface area contributed by atoms with E-state index in [-0.39, 0.29) is 102 Å². The number of carbonyl (C=O) groups excluding carboxylic acids is 3. The first kappa shape index (κ1) is 51.0. The van der Waals surface area contributed by atoms with Crippen molar-refractivity contribution >= 4 is 98.0 Å². The second-order valence-corrected chi connectivity index (χ2v) is 20.7. The van der Waals surface area contributed by atoms with Crippen molar-refractivity contribution in [3.05, 3.63) is 146 Å². The summed E-state index contributed by atoms with van der Waals surface area (Å²) in [5.41, 5.74) is 3.05. The minimum atomic E-state index is -1.61. The average Bonchev–Trinajstić information content (AvgIpc) is 4.26. The number of rotatable bonds is 13. The van der Waals surface area contributed by atoms with E-state index in [1.807, 2.05) is 23.1 Å². The maximum atomic E-state index is 15.7. The molecule has 0 radical (unpaired) electrons. The fourth-order valence-electron chi connectivity index (χ4n) is 9.51. The molecule has 3 aliphatic carbocycles. The number of aliphatic carboxylic acids is 1. The number of aromatic carboxylic acids is 1. The summed E-state index contributed by atoms with van der Waals surface area (Å²) in [6.45, 7) is 1.82. The number of para-hydroxylation sites is 1. The van der Waals surface area contributed by atoms with Gasteiger partial charge in [-0.1, -0.05) is 83.1 Å². The van der Waals surface area contributed by atoms with E-state index in [1.54, 1.807) is 29.7 Å². The van der Waals surface area contributed by atoms with E-state index in [0.717, 1.165) is 79.5 Å². The minimum Gasteiger partial charge on any atom is -0.545 e. The molecule has 71 heavy (non-hydrogen) atoms. The van der Waals surface area contributed by atoms with Gasteiger partial charge in [-0.25, -0.2) is 22.4 Å². The van der Waals surface area contributed by atoms with Crippen LogP contribution in [0.1, 0.15) is 95.0 Å². The quantitative estimate of drug-likeness (QED) is 0.0683. The molecule has 7 aromatic rings. The van der Waals surface area contributed by atoms with Crippen molar-refractivity contribution in [2.24, 2.45) is 0 Å². The second-order valence-electron chi connectivity index (χ2n) is 17.8. The van der Waals surface area contributed by atoms with E-state index < -0.39 is 53.3 Å². The molecular weight excluding hydrogens is 1010 g/mol. The van der Waals surface area contributed by atoms with Gasteiger partial charge in [-0.05, 0) is 99.5 Å². The Kier molecular flexibility index (Phi) is 14.5. The van der Waals surface area contributed by atoms with Crippen LogP contribution in [0.2, 0.25) is 10.0 Å². The third-order valence-electron chi connectivity index (χ3n) is 13.2. The third kappa shape index (κ3) is 9.50. The number of carboxylic acid groups (broad SMARTS) is 2. The number of anilines is 1. The average molecular weight is 1050 g/mol. The van der Waals surface area contributed by atoms with Gasteiger partial charge in [-0.3, -0.25) is 9.59 Å². The fourth-order valence-corrected chi connectivity index (χ4v) is 12.3. The van der Waals surface area contributed by atoms with Crippen LogP contribution in [0, 0.1) is 23.3 Å². The number of aromatic nitrogens is 2. The Labute approximate surface area is 444 Å². The summed E-state index contributed by atoms with van der Waals surface area (Å²) in [6, 6.07) is 22.6. The normalized spacial score (nSPS) is 15.3. The van der Waals surface area contributed by atoms with E-state index in [9.17, 15) is 33.8 Å². The molecule has 0 saturated heterocycles. The van der Waals surface area contributed by atoms with Crippen LogP contribution in [0.25, 0.3) is 21.8 Å². The van der Waals surface area contributed by atoms with E-state index in [0.29, 0.717) is 32.8 Å². The third-order valence-corrected chi connectivity index (χ3v) is 16.1. The number of carbonyl (C=O) groups is 4. The predicted molar refractivity (Wildman–Crippen MR) is 256 cm³/mol. The Hall–Kier alpha value is -4.94. The molecule has 1 amide bonds. The number of ether oxygens (including phenoxy) is 1. The molecule has 19 heteroatoms. The Balaban J connectivity index is 0.000000178. The fraction of sp³-hybridized carbons (Fsp3) is 0.269. The van der Waals surface area contributed by atoms with Crippen LogP contribution in [0.5, 0.6) is 0 Å². The number of fused-ring (bicyclic) bond motifs is 4. The van der Waals surface area contributed by atoms with Crippen molar-refractivity contribution in [1.82, 2.24) is 9.13 Å². The van der Waals surface area contributed by atoms with Gasteiger partial charge in [0.25, 0.3) is 0 Å². The summed E-state index contributed by atoms with van der Waals surface area (Å²) >= 11 is 14.3. The summed E-state index contributed by atoms with van der Waals surface area (Å²) in [6.07, 6.45) is 5.42. The largest absolute Gasteiger partial charge is 1.00 e. The topological polar surface area (TPSA) is 134 Å². The molecule has 1 N–H and O–H groups in total. The monoisotopic (exact) mass is 1050 g/mol. The van der Waals surface area contributed by atoms with Gasteiger partial charge in [-0.15, -0.1) is 0 Å². The SMILES string of the molecule is CCOC(=O)c1cccc(Sc2c(C3CC3)n(CC(=O)O)c3c(F)c(Cl)ccc23)c1F.O=C([O-])c1cccc(Sc2c(C3CC3)n(CC(=O)N3CC4(CC4)c4ccccc43)c3c(F)c(Cl)ccc23)c1F.[Na+]. The van der Waals surface area contributed by atoms with Gasteiger partial charge in [-0.2, -0.15) is 0 Å². The van der Waals surface area contributed by atoms with Gasteiger partial charge in [0, 0.05) is 76.8 Å². The number of halogens is 6. The molecule has 11 rings (SSSR count). The van der Waals surface area contributed by atoms with Crippen molar-refractivity contribution in [1.29, 1.82) is 0 Å². The van der Waals surface area contributed by atoms with Crippen LogP contribution in [-0.4, -0.2) is 51.2 Å². The molecule has 3 saturated carbocycles. The van der Waals surface area contributed by atoms with Crippen molar-refractivity contribution in [2.75, 3.05) is 18.1 Å². The van der Waals surface area contributed by atoms with Crippen LogP contribution in [-0.2, 0) is 32.8 Å². The Morgan fingerprint density at radius 1 is 0.704 bits per heavy atom. The van der Waals surface area contributed by atoms with E-state index in [1.165, 1.54) is 46.5 Å². The second kappa shape index (κ2) is 20.2. The number of amides is 1. The van der Waals surface area contributed by atoms with Crippen molar-refractivity contribution in [2.45, 2.75) is 95.4 Å². The van der Waals surface area contributed by atoms with Crippen LogP contribution in [0.15, 0.2) is 105 Å². The van der Waals surface area contributed by atoms with Crippen LogP contribution in [0.3, 0.4) is 0 Å². The molecule has 0 unspecified atom stereocenters. The van der Waals surface area contributed by atoms with E-state index in [2.05, 4.69) is 6.07 Å². The predicted octanol–water partition coefficient (Wildman–Crippen LogP) is 8.91. The van der Waals surface area contributed by atoms with Gasteiger partial charge in [0.05, 0.1) is 39.2 Å². The van der Waals surface area contributed by atoms with Crippen molar-refractivity contribution in [3.8, 4) is 0 Å². The molecular formula is C52H40Cl2F4N3NaO7S2. The number of hydrogen-bond donors (Lipinski definition) is 1. The zero-order valence-corrected chi connectivity index (χ0v) is 43.3.